The molecular weight excluding hydrogens is 300 g/mol. The molecule has 3 heteroatoms. The molecule has 2 aliphatic rings. The minimum atomic E-state index is -0.0313. The lowest BCUT2D eigenvalue weighted by atomic mass is 9.61. The molecule has 1 fully saturated rings. The quantitative estimate of drug-likeness (QED) is 0.776. The molecule has 0 amide bonds. The Morgan fingerprint density at radius 1 is 0.875 bits per heavy atom. The van der Waals surface area contributed by atoms with Crippen LogP contribution in [0.15, 0.2) is 36.4 Å². The van der Waals surface area contributed by atoms with Crippen LogP contribution in [0.2, 0.25) is 0 Å². The van der Waals surface area contributed by atoms with E-state index in [0.717, 1.165) is 18.4 Å². The second-order valence-electron chi connectivity index (χ2n) is 7.29. The van der Waals surface area contributed by atoms with Crippen LogP contribution in [-0.2, 0) is 13.0 Å². The smallest absolute Gasteiger partial charge is 0.116 e. The van der Waals surface area contributed by atoms with Gasteiger partial charge in [-0.2, -0.15) is 0 Å². The summed E-state index contributed by atoms with van der Waals surface area (Å²) in [4.78, 5) is 0. The van der Waals surface area contributed by atoms with Gasteiger partial charge in [0.2, 0.25) is 0 Å². The third-order valence-electron chi connectivity index (χ3n) is 6.01. The Morgan fingerprint density at radius 2 is 1.62 bits per heavy atom. The summed E-state index contributed by atoms with van der Waals surface area (Å²) in [6, 6.07) is 11.2. The Labute approximate surface area is 142 Å². The van der Waals surface area contributed by atoms with Crippen molar-refractivity contribution in [2.75, 3.05) is 0 Å². The minimum absolute atomic E-state index is 0.0313. The van der Waals surface area contributed by atoms with Crippen LogP contribution in [0, 0.1) is 5.92 Å². The van der Waals surface area contributed by atoms with Gasteiger partial charge in [-0.3, -0.25) is 0 Å². The molecule has 3 atom stereocenters. The summed E-state index contributed by atoms with van der Waals surface area (Å²) in [5.41, 5.74) is 4.60. The van der Waals surface area contributed by atoms with Gasteiger partial charge in [0.25, 0.3) is 0 Å². The number of phenolic OH excluding ortho intramolecular Hbond substituents is 2. The van der Waals surface area contributed by atoms with Crippen LogP contribution in [-0.4, -0.2) is 15.3 Å². The highest BCUT2D eigenvalue weighted by Gasteiger charge is 2.39. The van der Waals surface area contributed by atoms with E-state index in [4.69, 9.17) is 0 Å². The molecule has 2 aromatic rings. The number of aliphatic hydroxyl groups is 1. The predicted molar refractivity (Wildman–Crippen MR) is 93.3 cm³/mol. The van der Waals surface area contributed by atoms with Gasteiger partial charge in [-0.15, -0.1) is 0 Å². The van der Waals surface area contributed by atoms with Gasteiger partial charge in [-0.1, -0.05) is 25.0 Å². The number of aromatic hydroxyl groups is 2. The predicted octanol–water partition coefficient (Wildman–Crippen LogP) is 4.20. The number of aliphatic hydroxyl groups excluding tert-OH is 1. The lowest BCUT2D eigenvalue weighted by Crippen LogP contribution is -2.31. The second-order valence-corrected chi connectivity index (χ2v) is 7.29. The summed E-state index contributed by atoms with van der Waals surface area (Å²) in [7, 11) is 0. The SMILES string of the molecule is OCc1cc(O)cc2c1CC(c1ccc(O)cc1)C1CCCCC21. The van der Waals surface area contributed by atoms with Crippen molar-refractivity contribution in [3.63, 3.8) is 0 Å². The molecule has 1 saturated carbocycles. The van der Waals surface area contributed by atoms with Crippen LogP contribution >= 0.6 is 0 Å². The van der Waals surface area contributed by atoms with Gasteiger partial charge in [0.1, 0.15) is 11.5 Å². The van der Waals surface area contributed by atoms with E-state index >= 15 is 0 Å². The zero-order valence-electron chi connectivity index (χ0n) is 13.8. The van der Waals surface area contributed by atoms with Crippen LogP contribution in [0.4, 0.5) is 0 Å². The highest BCUT2D eigenvalue weighted by Crippen LogP contribution is 2.52. The molecule has 126 valence electrons. The fourth-order valence-corrected chi connectivity index (χ4v) is 4.95. The fourth-order valence-electron chi connectivity index (χ4n) is 4.95. The van der Waals surface area contributed by atoms with E-state index in [1.165, 1.54) is 36.0 Å². The molecule has 24 heavy (non-hydrogen) atoms. The first-order chi connectivity index (χ1) is 11.7. The number of hydrogen-bond acceptors (Lipinski definition) is 3. The van der Waals surface area contributed by atoms with Gasteiger partial charge < -0.3 is 15.3 Å². The van der Waals surface area contributed by atoms with Gasteiger partial charge in [0, 0.05) is 0 Å². The standard InChI is InChI=1S/C21H24O3/c22-12-14-9-16(24)10-21-18-4-2-1-3-17(18)19(11-20(14)21)13-5-7-15(23)8-6-13/h5-10,17-19,22-24H,1-4,11-12H2. The van der Waals surface area contributed by atoms with Crippen LogP contribution in [0.1, 0.15) is 59.8 Å². The maximum atomic E-state index is 10.1. The molecule has 2 aromatic carbocycles. The van der Waals surface area contributed by atoms with Crippen molar-refractivity contribution in [1.82, 2.24) is 0 Å². The molecule has 0 aromatic heterocycles. The maximum Gasteiger partial charge on any atom is 0.116 e. The highest BCUT2D eigenvalue weighted by atomic mass is 16.3. The topological polar surface area (TPSA) is 60.7 Å². The highest BCUT2D eigenvalue weighted by molar-refractivity contribution is 5.47. The molecule has 0 spiro atoms. The van der Waals surface area contributed by atoms with E-state index in [2.05, 4.69) is 0 Å². The molecule has 3 N–H and O–H groups in total. The molecule has 4 rings (SSSR count). The average molecular weight is 324 g/mol. The van der Waals surface area contributed by atoms with Crippen molar-refractivity contribution in [3.8, 4) is 11.5 Å². The third kappa shape index (κ3) is 2.57. The summed E-state index contributed by atoms with van der Waals surface area (Å²) in [5, 5.41) is 29.4. The molecule has 0 saturated heterocycles. The van der Waals surface area contributed by atoms with Gasteiger partial charge >= 0.3 is 0 Å². The first-order valence-electron chi connectivity index (χ1n) is 8.92. The number of phenols is 2. The summed E-state index contributed by atoms with van der Waals surface area (Å²) >= 11 is 0. The Bertz CT molecular complexity index is 735. The van der Waals surface area contributed by atoms with Crippen LogP contribution in [0.5, 0.6) is 11.5 Å². The molecule has 0 radical (unpaired) electrons. The van der Waals surface area contributed by atoms with Crippen molar-refractivity contribution in [2.24, 2.45) is 5.92 Å². The van der Waals surface area contributed by atoms with E-state index in [-0.39, 0.29) is 12.4 Å². The van der Waals surface area contributed by atoms with E-state index in [1.807, 2.05) is 18.2 Å². The maximum absolute atomic E-state index is 10.1. The lowest BCUT2D eigenvalue weighted by molar-refractivity contribution is 0.237. The van der Waals surface area contributed by atoms with E-state index in [9.17, 15) is 15.3 Å². The summed E-state index contributed by atoms with van der Waals surface area (Å²) < 4.78 is 0. The van der Waals surface area contributed by atoms with E-state index in [1.54, 1.807) is 18.2 Å². The number of benzene rings is 2. The number of hydrogen-bond donors (Lipinski definition) is 3. The normalized spacial score (nSPS) is 25.8. The summed E-state index contributed by atoms with van der Waals surface area (Å²) in [6.45, 7) is -0.0313. The zero-order chi connectivity index (χ0) is 16.7. The largest absolute Gasteiger partial charge is 0.508 e. The summed E-state index contributed by atoms with van der Waals surface area (Å²) in [5.74, 6) is 2.02. The second kappa shape index (κ2) is 6.14. The third-order valence-corrected chi connectivity index (χ3v) is 6.01. The van der Waals surface area contributed by atoms with Crippen LogP contribution in [0.3, 0.4) is 0 Å². The van der Waals surface area contributed by atoms with E-state index in [0.29, 0.717) is 23.5 Å². The van der Waals surface area contributed by atoms with Crippen LogP contribution < -0.4 is 0 Å². The van der Waals surface area contributed by atoms with Crippen molar-refractivity contribution in [1.29, 1.82) is 0 Å². The lowest BCUT2D eigenvalue weighted by Gasteiger charge is -2.43. The molecule has 2 aliphatic carbocycles. The molecule has 3 nitrogen and oxygen atoms in total. The number of fused-ring (bicyclic) bond motifs is 3. The Hall–Kier alpha value is -2.00. The minimum Gasteiger partial charge on any atom is -0.508 e. The average Bonchev–Trinajstić information content (AvgIpc) is 2.61. The van der Waals surface area contributed by atoms with Crippen molar-refractivity contribution in [3.05, 3.63) is 58.7 Å². The van der Waals surface area contributed by atoms with Gasteiger partial charge in [-0.05, 0) is 83.5 Å². The Kier molecular flexibility index (Phi) is 3.97. The molecular formula is C21H24O3. The fraction of sp³-hybridized carbons (Fsp3) is 0.429. The molecule has 0 bridgehead atoms. The summed E-state index contributed by atoms with van der Waals surface area (Å²) in [6.07, 6.45) is 5.75. The van der Waals surface area contributed by atoms with Crippen molar-refractivity contribution in [2.45, 2.75) is 50.5 Å². The van der Waals surface area contributed by atoms with Gasteiger partial charge in [0.05, 0.1) is 6.61 Å². The van der Waals surface area contributed by atoms with E-state index < -0.39 is 0 Å². The van der Waals surface area contributed by atoms with Crippen molar-refractivity contribution >= 4 is 0 Å². The first-order valence-corrected chi connectivity index (χ1v) is 8.92. The Balaban J connectivity index is 1.82. The van der Waals surface area contributed by atoms with Crippen LogP contribution in [0.25, 0.3) is 0 Å². The monoisotopic (exact) mass is 324 g/mol. The van der Waals surface area contributed by atoms with Gasteiger partial charge in [0.15, 0.2) is 0 Å². The first kappa shape index (κ1) is 15.5. The molecule has 3 unspecified atom stereocenters. The molecule has 0 aliphatic heterocycles. The van der Waals surface area contributed by atoms with Crippen molar-refractivity contribution < 1.29 is 15.3 Å². The molecule has 0 heterocycles. The zero-order valence-corrected chi connectivity index (χ0v) is 13.8. The van der Waals surface area contributed by atoms with Gasteiger partial charge in [-0.25, -0.2) is 0 Å². The number of rotatable bonds is 2. The Morgan fingerprint density at radius 3 is 2.38 bits per heavy atom.